The van der Waals surface area contributed by atoms with E-state index >= 15 is 0 Å². The molecule has 4 rings (SSSR count). The predicted molar refractivity (Wildman–Crippen MR) is 86.2 cm³/mol. The molecule has 0 saturated carbocycles. The zero-order chi connectivity index (χ0) is 16.5. The number of rotatable bonds is 2. The number of hydrogen-bond donors (Lipinski definition) is 1. The lowest BCUT2D eigenvalue weighted by molar-refractivity contribution is 0.0746. The highest BCUT2D eigenvalue weighted by Gasteiger charge is 2.24. The normalized spacial score (nSPS) is 15.0. The third kappa shape index (κ3) is 2.55. The number of hydrogen-bond acceptors (Lipinski definition) is 5. The van der Waals surface area contributed by atoms with Crippen molar-refractivity contribution in [1.29, 1.82) is 0 Å². The molecule has 3 aromatic rings. The number of aromatic nitrogens is 4. The van der Waals surface area contributed by atoms with Crippen molar-refractivity contribution < 1.29 is 9.18 Å². The summed E-state index contributed by atoms with van der Waals surface area (Å²) in [5, 5.41) is 7.70. The van der Waals surface area contributed by atoms with Gasteiger partial charge in [-0.15, -0.1) is 0 Å². The van der Waals surface area contributed by atoms with Crippen molar-refractivity contribution in [3.63, 3.8) is 0 Å². The number of piperazine rings is 1. The molecule has 1 saturated heterocycles. The maximum Gasteiger partial charge on any atom is 0.253 e. The predicted octanol–water partition coefficient (Wildman–Crippen LogP) is 1.45. The van der Waals surface area contributed by atoms with E-state index in [-0.39, 0.29) is 11.7 Å². The summed E-state index contributed by atoms with van der Waals surface area (Å²) in [5.74, 6) is 0.401. The van der Waals surface area contributed by atoms with Crippen LogP contribution in [0.25, 0.3) is 11.0 Å². The molecule has 1 amide bonds. The van der Waals surface area contributed by atoms with Gasteiger partial charge in [0.05, 0.1) is 11.6 Å². The third-order valence-corrected chi connectivity index (χ3v) is 4.18. The highest BCUT2D eigenvalue weighted by Crippen LogP contribution is 2.22. The number of H-pyrrole nitrogens is 1. The lowest BCUT2D eigenvalue weighted by atomic mass is 10.1. The lowest BCUT2D eigenvalue weighted by Crippen LogP contribution is -2.49. The number of carbonyl (C=O) groups excluding carboxylic acids is 1. The van der Waals surface area contributed by atoms with E-state index in [4.69, 9.17) is 0 Å². The van der Waals surface area contributed by atoms with Crippen molar-refractivity contribution in [3.05, 3.63) is 48.2 Å². The van der Waals surface area contributed by atoms with Crippen molar-refractivity contribution in [1.82, 2.24) is 25.1 Å². The number of nitrogens with zero attached hydrogens (tertiary/aromatic N) is 5. The number of halogens is 1. The van der Waals surface area contributed by atoms with Gasteiger partial charge in [0.1, 0.15) is 18.0 Å². The van der Waals surface area contributed by atoms with Crippen LogP contribution in [0.15, 0.2) is 36.8 Å². The molecule has 24 heavy (non-hydrogen) atoms. The van der Waals surface area contributed by atoms with Crippen molar-refractivity contribution in [3.8, 4) is 0 Å². The molecule has 1 fully saturated rings. The molecule has 3 heterocycles. The number of nitrogens with one attached hydrogen (secondary N) is 1. The van der Waals surface area contributed by atoms with Crippen molar-refractivity contribution in [2.24, 2.45) is 0 Å². The first-order valence-electron chi connectivity index (χ1n) is 7.66. The number of amides is 1. The Morgan fingerprint density at radius 1 is 1.08 bits per heavy atom. The molecule has 1 aliphatic rings. The molecular formula is C16H15FN6O. The molecule has 1 aliphatic heterocycles. The average molecular weight is 326 g/mol. The van der Waals surface area contributed by atoms with E-state index in [1.54, 1.807) is 11.1 Å². The number of carbonyl (C=O) groups is 1. The van der Waals surface area contributed by atoms with Crippen LogP contribution in [0.3, 0.4) is 0 Å². The van der Waals surface area contributed by atoms with E-state index in [0.717, 1.165) is 11.2 Å². The molecule has 0 atom stereocenters. The Balaban J connectivity index is 1.48. The van der Waals surface area contributed by atoms with Crippen LogP contribution in [0.1, 0.15) is 10.4 Å². The van der Waals surface area contributed by atoms with Crippen LogP contribution in [0.5, 0.6) is 0 Å². The van der Waals surface area contributed by atoms with E-state index in [1.807, 2.05) is 0 Å². The maximum atomic E-state index is 13.0. The van der Waals surface area contributed by atoms with Gasteiger partial charge in [0, 0.05) is 31.7 Å². The van der Waals surface area contributed by atoms with E-state index < -0.39 is 0 Å². The van der Waals surface area contributed by atoms with Gasteiger partial charge in [-0.25, -0.2) is 14.4 Å². The van der Waals surface area contributed by atoms with Crippen molar-refractivity contribution >= 4 is 22.8 Å². The van der Waals surface area contributed by atoms with E-state index in [1.165, 1.54) is 30.6 Å². The zero-order valence-corrected chi connectivity index (χ0v) is 12.8. The molecule has 0 aliphatic carbocycles. The molecule has 1 aromatic carbocycles. The lowest BCUT2D eigenvalue weighted by Gasteiger charge is -2.35. The Hall–Kier alpha value is -3.03. The van der Waals surface area contributed by atoms with Crippen molar-refractivity contribution in [2.45, 2.75) is 0 Å². The van der Waals surface area contributed by atoms with E-state index in [0.29, 0.717) is 37.4 Å². The summed E-state index contributed by atoms with van der Waals surface area (Å²) in [6.45, 7) is 2.51. The quantitative estimate of drug-likeness (QED) is 0.771. The molecule has 0 spiro atoms. The molecular weight excluding hydrogens is 311 g/mol. The van der Waals surface area contributed by atoms with Gasteiger partial charge in [0.15, 0.2) is 5.65 Å². The monoisotopic (exact) mass is 326 g/mol. The Morgan fingerprint density at radius 3 is 2.58 bits per heavy atom. The molecule has 0 unspecified atom stereocenters. The van der Waals surface area contributed by atoms with Crippen LogP contribution < -0.4 is 4.90 Å². The van der Waals surface area contributed by atoms with Crippen LogP contribution >= 0.6 is 0 Å². The summed E-state index contributed by atoms with van der Waals surface area (Å²) < 4.78 is 13.0. The second-order valence-electron chi connectivity index (χ2n) is 5.62. The smallest absolute Gasteiger partial charge is 0.253 e. The first-order valence-corrected chi connectivity index (χ1v) is 7.66. The van der Waals surface area contributed by atoms with Gasteiger partial charge in [0.2, 0.25) is 0 Å². The second kappa shape index (κ2) is 5.88. The fraction of sp³-hybridized carbons (Fsp3) is 0.250. The molecule has 7 nitrogen and oxygen atoms in total. The highest BCUT2D eigenvalue weighted by atomic mass is 19.1. The Bertz CT molecular complexity index is 870. The number of anilines is 1. The first kappa shape index (κ1) is 14.6. The maximum absolute atomic E-state index is 13.0. The van der Waals surface area contributed by atoms with Crippen LogP contribution in [-0.4, -0.2) is 57.2 Å². The van der Waals surface area contributed by atoms with Gasteiger partial charge in [0.25, 0.3) is 5.91 Å². The minimum atomic E-state index is -0.343. The minimum Gasteiger partial charge on any atom is -0.352 e. The molecule has 1 N–H and O–H groups in total. The topological polar surface area (TPSA) is 78.0 Å². The Labute approximate surface area is 137 Å². The van der Waals surface area contributed by atoms with Crippen LogP contribution in [0.4, 0.5) is 10.2 Å². The van der Waals surface area contributed by atoms with Gasteiger partial charge >= 0.3 is 0 Å². The molecule has 0 radical (unpaired) electrons. The first-order chi connectivity index (χ1) is 11.7. The standard InChI is InChI=1S/C16H15FN6O/c17-12-3-1-11(2-4-12)16(24)23-7-5-22(6-8-23)15-13-9-20-21-14(13)18-10-19-15/h1-4,9-10H,5-8H2,(H,18,19,20,21). The zero-order valence-electron chi connectivity index (χ0n) is 12.8. The van der Waals surface area contributed by atoms with Gasteiger partial charge in [-0.2, -0.15) is 5.10 Å². The number of aromatic amines is 1. The van der Waals surface area contributed by atoms with Crippen LogP contribution in [0.2, 0.25) is 0 Å². The average Bonchev–Trinajstić information content (AvgIpc) is 3.11. The largest absolute Gasteiger partial charge is 0.352 e. The summed E-state index contributed by atoms with van der Waals surface area (Å²) in [6.07, 6.45) is 3.21. The fourth-order valence-corrected chi connectivity index (χ4v) is 2.90. The summed E-state index contributed by atoms with van der Waals surface area (Å²) in [6, 6.07) is 5.65. The molecule has 122 valence electrons. The molecule has 8 heteroatoms. The van der Waals surface area contributed by atoms with Gasteiger partial charge in [-0.1, -0.05) is 0 Å². The van der Waals surface area contributed by atoms with Crippen LogP contribution in [0, 0.1) is 5.82 Å². The van der Waals surface area contributed by atoms with Gasteiger partial charge in [-0.3, -0.25) is 9.89 Å². The highest BCUT2D eigenvalue weighted by molar-refractivity contribution is 5.94. The summed E-state index contributed by atoms with van der Waals surface area (Å²) >= 11 is 0. The van der Waals surface area contributed by atoms with E-state index in [2.05, 4.69) is 25.1 Å². The minimum absolute atomic E-state index is 0.0780. The fourth-order valence-electron chi connectivity index (χ4n) is 2.90. The van der Waals surface area contributed by atoms with Crippen LogP contribution in [-0.2, 0) is 0 Å². The Kier molecular flexibility index (Phi) is 3.56. The summed E-state index contributed by atoms with van der Waals surface area (Å²) in [4.78, 5) is 24.8. The third-order valence-electron chi connectivity index (χ3n) is 4.18. The van der Waals surface area contributed by atoms with Gasteiger partial charge < -0.3 is 9.80 Å². The second-order valence-corrected chi connectivity index (χ2v) is 5.62. The van der Waals surface area contributed by atoms with E-state index in [9.17, 15) is 9.18 Å². The Morgan fingerprint density at radius 2 is 1.83 bits per heavy atom. The molecule has 0 bridgehead atoms. The molecule has 2 aromatic heterocycles. The number of benzene rings is 1. The van der Waals surface area contributed by atoms with Crippen molar-refractivity contribution in [2.75, 3.05) is 31.1 Å². The summed E-state index contributed by atoms with van der Waals surface area (Å²) in [5.41, 5.74) is 1.20. The number of fused-ring (bicyclic) bond motifs is 1. The summed E-state index contributed by atoms with van der Waals surface area (Å²) in [7, 11) is 0. The van der Waals surface area contributed by atoms with Gasteiger partial charge in [-0.05, 0) is 24.3 Å². The SMILES string of the molecule is O=C(c1ccc(F)cc1)N1CCN(c2ncnc3[nH]ncc23)CC1.